The Balaban J connectivity index is 0.000000264. The predicted molar refractivity (Wildman–Crippen MR) is 264 cm³/mol. The van der Waals surface area contributed by atoms with Crippen LogP contribution in [-0.4, -0.2) is 0 Å². The predicted octanol–water partition coefficient (Wildman–Crippen LogP) is 10.6. The minimum atomic E-state index is -1.18. The van der Waals surface area contributed by atoms with E-state index in [1.165, 1.54) is 54.1 Å². The quantitative estimate of drug-likeness (QED) is 0.100. The second-order valence-corrected chi connectivity index (χ2v) is 22.2. The molecule has 0 saturated heterocycles. The molecule has 0 bridgehead atoms. The Morgan fingerprint density at radius 3 is 0.917 bits per heavy atom. The first-order valence-electron chi connectivity index (χ1n) is 20.0. The summed E-state index contributed by atoms with van der Waals surface area (Å²) < 4.78 is 0. The van der Waals surface area contributed by atoms with Crippen LogP contribution in [0.5, 0.6) is 0 Å². The Labute approximate surface area is 375 Å². The van der Waals surface area contributed by atoms with Gasteiger partial charge < -0.3 is 11.5 Å². The molecule has 0 fully saturated rings. The summed E-state index contributed by atoms with van der Waals surface area (Å²) in [5, 5.41) is 8.70. The molecule has 2 unspecified atom stereocenters. The molecule has 0 aliphatic heterocycles. The normalized spacial score (nSPS) is 11.8. The zero-order valence-electron chi connectivity index (χ0n) is 33.9. The van der Waals surface area contributed by atoms with Crippen LogP contribution in [0.4, 0.5) is 0 Å². The van der Waals surface area contributed by atoms with Crippen molar-refractivity contribution in [3.05, 3.63) is 252 Å². The summed E-state index contributed by atoms with van der Waals surface area (Å²) in [5.74, 6) is 0. The van der Waals surface area contributed by atoms with Gasteiger partial charge in [0.25, 0.3) is 0 Å². The topological polar surface area (TPSA) is 52.0 Å². The first-order valence-corrected chi connectivity index (χ1v) is 27.5. The SMILES string of the molecule is Cc1ccc(Cc2ccc(C)cc2[PH+](c2ccccc2)c2ccccc2)c([PH+](c2ccccc2)c2ccccc2)c1.NC(c1ccccc1)C(N)c1ccccc1.[Cl][Ru+2][Cl]. The first kappa shape index (κ1) is 45.3. The fraction of sp³-hybridized carbons (Fsp3) is 0.0943. The van der Waals surface area contributed by atoms with Crippen LogP contribution in [0.2, 0.25) is 0 Å². The fourth-order valence-corrected chi connectivity index (χ4v) is 13.2. The van der Waals surface area contributed by atoms with E-state index in [1.807, 2.05) is 60.7 Å². The molecule has 0 spiro atoms. The van der Waals surface area contributed by atoms with Gasteiger partial charge >= 0.3 is 34.5 Å². The van der Waals surface area contributed by atoms with Crippen LogP contribution >= 0.6 is 35.2 Å². The molecule has 0 saturated carbocycles. The van der Waals surface area contributed by atoms with E-state index in [0.29, 0.717) is 0 Å². The van der Waals surface area contributed by atoms with Gasteiger partial charge in [0.1, 0.15) is 31.8 Å². The Kier molecular flexibility index (Phi) is 17.9. The third kappa shape index (κ3) is 12.4. The first-order chi connectivity index (χ1) is 29.4. The van der Waals surface area contributed by atoms with Gasteiger partial charge in [-0.3, -0.25) is 0 Å². The van der Waals surface area contributed by atoms with E-state index < -0.39 is 15.8 Å². The van der Waals surface area contributed by atoms with E-state index in [9.17, 15) is 0 Å². The Morgan fingerprint density at radius 2 is 0.650 bits per heavy atom. The van der Waals surface area contributed by atoms with Crippen LogP contribution in [0.3, 0.4) is 0 Å². The molecule has 0 aromatic heterocycles. The van der Waals surface area contributed by atoms with E-state index in [1.54, 1.807) is 0 Å². The maximum absolute atomic E-state index is 6.15. The molecule has 8 aromatic carbocycles. The molecule has 0 aliphatic carbocycles. The van der Waals surface area contributed by atoms with E-state index >= 15 is 0 Å². The summed E-state index contributed by atoms with van der Waals surface area (Å²) in [6, 6.07) is 78.4. The molecule has 4 N–H and O–H groups in total. The van der Waals surface area contributed by atoms with Gasteiger partial charge in [-0.25, -0.2) is 0 Å². The zero-order chi connectivity index (χ0) is 42.1. The Hall–Kier alpha value is -4.26. The van der Waals surface area contributed by atoms with Gasteiger partial charge in [-0.1, -0.05) is 158 Å². The Bertz CT molecular complexity index is 2210. The summed E-state index contributed by atoms with van der Waals surface area (Å²) >= 11 is -0.346. The molecule has 0 aliphatic rings. The van der Waals surface area contributed by atoms with E-state index in [-0.39, 0.29) is 27.2 Å². The van der Waals surface area contributed by atoms with Gasteiger partial charge in [-0.05, 0) is 108 Å². The monoisotopic (exact) mass is 950 g/mol. The van der Waals surface area contributed by atoms with Crippen LogP contribution in [0.1, 0.15) is 45.5 Å². The molecule has 8 aromatic rings. The third-order valence-electron chi connectivity index (χ3n) is 10.5. The van der Waals surface area contributed by atoms with Crippen LogP contribution in [0, 0.1) is 13.8 Å². The number of halogens is 2. The number of aryl methyl sites for hydroxylation is 2. The van der Waals surface area contributed by atoms with Crippen molar-refractivity contribution >= 4 is 67.1 Å². The molecular formula is C53H52Cl2N2P2Ru+4. The van der Waals surface area contributed by atoms with E-state index in [4.69, 9.17) is 30.8 Å². The molecule has 0 radical (unpaired) electrons. The van der Waals surface area contributed by atoms with Crippen LogP contribution in [0.25, 0.3) is 0 Å². The summed E-state index contributed by atoms with van der Waals surface area (Å²) in [5.41, 5.74) is 19.9. The van der Waals surface area contributed by atoms with Crippen molar-refractivity contribution in [2.24, 2.45) is 11.5 Å². The van der Waals surface area contributed by atoms with Crippen molar-refractivity contribution in [3.8, 4) is 0 Å². The van der Waals surface area contributed by atoms with E-state index in [0.717, 1.165) is 17.5 Å². The van der Waals surface area contributed by atoms with Gasteiger partial charge in [-0.2, -0.15) is 0 Å². The molecule has 0 amide bonds. The standard InChI is InChI=1S/C39H34P2.C14H16N2.2ClH.Ru/c1-30-23-25-32(38(27-30)40(34-15-7-3-8-16-34)35-17-9-4-10-18-35)29-33-26-24-31(2)28-39(33)41(36-19-11-5-12-20-36)37-21-13-6-14-22-37;15-13(11-7-3-1-4-8-11)14(16)12-9-5-2-6-10-12;;;/h3-28H,29H2,1-2H3;1-10,13-14H,15-16H2;2*1H;/q;;;;+4. The molecule has 60 heavy (non-hydrogen) atoms. The molecule has 7 heteroatoms. The van der Waals surface area contributed by atoms with Crippen molar-refractivity contribution in [1.82, 2.24) is 0 Å². The zero-order valence-corrected chi connectivity index (χ0v) is 39.2. The molecule has 2 nitrogen and oxygen atoms in total. The second kappa shape index (κ2) is 23.7. The van der Waals surface area contributed by atoms with Crippen molar-refractivity contribution in [1.29, 1.82) is 0 Å². The van der Waals surface area contributed by atoms with Crippen LogP contribution < -0.4 is 43.3 Å². The summed E-state index contributed by atoms with van der Waals surface area (Å²) in [4.78, 5) is 0. The van der Waals surface area contributed by atoms with Crippen molar-refractivity contribution in [3.63, 3.8) is 0 Å². The molecule has 2 atom stereocenters. The van der Waals surface area contributed by atoms with Crippen LogP contribution in [0.15, 0.2) is 218 Å². The Morgan fingerprint density at radius 1 is 0.400 bits per heavy atom. The van der Waals surface area contributed by atoms with Gasteiger partial charge in [0.15, 0.2) is 0 Å². The molecule has 8 rings (SSSR count). The number of benzene rings is 8. The number of hydrogen-bond donors (Lipinski definition) is 2. The second-order valence-electron chi connectivity index (χ2n) is 14.6. The third-order valence-corrected chi connectivity index (χ3v) is 16.1. The number of nitrogens with two attached hydrogens (primary N) is 2. The maximum atomic E-state index is 6.15. The fourth-order valence-electron chi connectivity index (χ4n) is 7.50. The average Bonchev–Trinajstić information content (AvgIpc) is 3.30. The average molecular weight is 951 g/mol. The summed E-state index contributed by atoms with van der Waals surface area (Å²) in [6.07, 6.45) is 0.924. The van der Waals surface area contributed by atoms with Crippen LogP contribution in [-0.2, 0) is 21.6 Å². The van der Waals surface area contributed by atoms with Gasteiger partial charge in [0, 0.05) is 18.5 Å². The van der Waals surface area contributed by atoms with E-state index in [2.05, 4.69) is 172 Å². The molecule has 0 heterocycles. The number of hydrogen-bond acceptors (Lipinski definition) is 2. The van der Waals surface area contributed by atoms with Gasteiger partial charge in [0.05, 0.1) is 15.8 Å². The van der Waals surface area contributed by atoms with Crippen molar-refractivity contribution < 1.29 is 15.1 Å². The molecular weight excluding hydrogens is 899 g/mol. The summed E-state index contributed by atoms with van der Waals surface area (Å²) in [6.45, 7) is 4.46. The van der Waals surface area contributed by atoms with Crippen molar-refractivity contribution in [2.75, 3.05) is 0 Å². The van der Waals surface area contributed by atoms with Gasteiger partial charge in [0.2, 0.25) is 0 Å². The molecule has 302 valence electrons. The van der Waals surface area contributed by atoms with Crippen molar-refractivity contribution in [2.45, 2.75) is 32.4 Å². The van der Waals surface area contributed by atoms with Gasteiger partial charge in [-0.15, -0.1) is 0 Å². The summed E-state index contributed by atoms with van der Waals surface area (Å²) in [7, 11) is 7.34. The number of rotatable bonds is 11. The minimum absolute atomic E-state index is 0.163.